The number of fused-ring (bicyclic) bond motifs is 1. The number of halogens is 2. The van der Waals surface area contributed by atoms with E-state index in [1.165, 1.54) is 23.9 Å². The van der Waals surface area contributed by atoms with Gasteiger partial charge in [0.15, 0.2) is 15.0 Å². The first-order chi connectivity index (χ1) is 13.8. The SMILES string of the molecule is O=C(CN(C1=NC2CS(=O)(=O)CC2S1)c1ccc(F)cc1)Nc1ccc(Br)cc1. The van der Waals surface area contributed by atoms with E-state index in [0.29, 0.717) is 16.5 Å². The Morgan fingerprint density at radius 3 is 2.52 bits per heavy atom. The zero-order chi connectivity index (χ0) is 20.6. The highest BCUT2D eigenvalue weighted by molar-refractivity contribution is 9.10. The molecule has 0 saturated carbocycles. The summed E-state index contributed by atoms with van der Waals surface area (Å²) in [5.41, 5.74) is 1.27. The van der Waals surface area contributed by atoms with Gasteiger partial charge >= 0.3 is 0 Å². The molecule has 2 unspecified atom stereocenters. The molecule has 1 saturated heterocycles. The lowest BCUT2D eigenvalue weighted by atomic mass is 10.2. The van der Waals surface area contributed by atoms with E-state index in [1.807, 2.05) is 12.1 Å². The molecule has 2 aliphatic rings. The van der Waals surface area contributed by atoms with Crippen molar-refractivity contribution in [1.82, 2.24) is 0 Å². The second kappa shape index (κ2) is 8.08. The molecular formula is C19H17BrFN3O3S2. The van der Waals surface area contributed by atoms with Crippen molar-refractivity contribution in [1.29, 1.82) is 0 Å². The van der Waals surface area contributed by atoms with Crippen molar-refractivity contribution >= 4 is 60.0 Å². The third-order valence-corrected chi connectivity index (χ3v) is 8.38. The van der Waals surface area contributed by atoms with Crippen LogP contribution in [0.3, 0.4) is 0 Å². The summed E-state index contributed by atoms with van der Waals surface area (Å²) in [6.45, 7) is -0.0281. The lowest BCUT2D eigenvalue weighted by Crippen LogP contribution is -2.36. The van der Waals surface area contributed by atoms with Crippen LogP contribution in [0.15, 0.2) is 58.0 Å². The van der Waals surface area contributed by atoms with Crippen molar-refractivity contribution in [3.63, 3.8) is 0 Å². The third kappa shape index (κ3) is 4.81. The molecule has 0 spiro atoms. The average Bonchev–Trinajstić information content (AvgIpc) is 3.16. The Morgan fingerprint density at radius 2 is 1.86 bits per heavy atom. The molecule has 0 aliphatic carbocycles. The summed E-state index contributed by atoms with van der Waals surface area (Å²) in [7, 11) is -3.07. The maximum Gasteiger partial charge on any atom is 0.244 e. The molecule has 0 bridgehead atoms. The zero-order valence-corrected chi connectivity index (χ0v) is 18.3. The van der Waals surface area contributed by atoms with Crippen molar-refractivity contribution in [2.45, 2.75) is 11.3 Å². The number of carbonyl (C=O) groups is 1. The second-order valence-electron chi connectivity index (χ2n) is 6.83. The number of rotatable bonds is 4. The smallest absolute Gasteiger partial charge is 0.244 e. The van der Waals surface area contributed by atoms with Crippen LogP contribution in [-0.2, 0) is 14.6 Å². The van der Waals surface area contributed by atoms with Gasteiger partial charge in [0.05, 0.1) is 17.5 Å². The number of amides is 1. The van der Waals surface area contributed by atoms with Gasteiger partial charge in [0.2, 0.25) is 5.91 Å². The number of nitrogens with one attached hydrogen (secondary N) is 1. The van der Waals surface area contributed by atoms with Crippen molar-refractivity contribution in [3.05, 3.63) is 58.8 Å². The minimum absolute atomic E-state index is 0.0243. The molecule has 6 nitrogen and oxygen atoms in total. The van der Waals surface area contributed by atoms with Gasteiger partial charge in [0.1, 0.15) is 12.4 Å². The quantitative estimate of drug-likeness (QED) is 0.700. The molecule has 2 heterocycles. The normalized spacial score (nSPS) is 22.1. The number of thioether (sulfide) groups is 1. The van der Waals surface area contributed by atoms with Crippen LogP contribution in [0.4, 0.5) is 15.8 Å². The number of sulfone groups is 1. The Balaban J connectivity index is 1.55. The number of aliphatic imine (C=N–C) groups is 1. The van der Waals surface area contributed by atoms with E-state index in [-0.39, 0.29) is 41.1 Å². The Morgan fingerprint density at radius 1 is 1.17 bits per heavy atom. The van der Waals surface area contributed by atoms with Gasteiger partial charge in [-0.2, -0.15) is 0 Å². The van der Waals surface area contributed by atoms with Crippen LogP contribution in [0.5, 0.6) is 0 Å². The van der Waals surface area contributed by atoms with Crippen LogP contribution in [0.1, 0.15) is 0 Å². The van der Waals surface area contributed by atoms with Crippen LogP contribution >= 0.6 is 27.7 Å². The molecule has 4 rings (SSSR count). The maximum absolute atomic E-state index is 13.4. The first-order valence-corrected chi connectivity index (χ1v) is 12.3. The largest absolute Gasteiger partial charge is 0.325 e. The molecule has 1 fully saturated rings. The van der Waals surface area contributed by atoms with Crippen LogP contribution < -0.4 is 10.2 Å². The van der Waals surface area contributed by atoms with E-state index < -0.39 is 9.84 Å². The predicted octanol–water partition coefficient (Wildman–Crippen LogP) is 3.30. The summed E-state index contributed by atoms with van der Waals surface area (Å²) in [6.07, 6.45) is 0. The number of hydrogen-bond acceptors (Lipinski definition) is 6. The van der Waals surface area contributed by atoms with Crippen molar-refractivity contribution in [2.75, 3.05) is 28.3 Å². The summed E-state index contributed by atoms with van der Waals surface area (Å²) >= 11 is 4.71. The van der Waals surface area contributed by atoms with E-state index in [4.69, 9.17) is 0 Å². The fourth-order valence-corrected chi connectivity index (χ4v) is 7.28. The molecular weight excluding hydrogens is 481 g/mol. The summed E-state index contributed by atoms with van der Waals surface area (Å²) < 4.78 is 37.9. The molecule has 0 radical (unpaired) electrons. The number of carbonyl (C=O) groups excluding carboxylic acids is 1. The van der Waals surface area contributed by atoms with Crippen molar-refractivity contribution in [3.8, 4) is 0 Å². The van der Waals surface area contributed by atoms with Gasteiger partial charge in [-0.3, -0.25) is 9.79 Å². The topological polar surface area (TPSA) is 78.8 Å². The Hall–Kier alpha value is -1.91. The highest BCUT2D eigenvalue weighted by Crippen LogP contribution is 2.36. The average molecular weight is 498 g/mol. The zero-order valence-electron chi connectivity index (χ0n) is 15.1. The molecule has 1 N–H and O–H groups in total. The van der Waals surface area contributed by atoms with E-state index >= 15 is 0 Å². The number of benzene rings is 2. The maximum atomic E-state index is 13.4. The van der Waals surface area contributed by atoms with Gasteiger partial charge in [-0.15, -0.1) is 0 Å². The molecule has 2 aromatic carbocycles. The summed E-state index contributed by atoms with van der Waals surface area (Å²) in [4.78, 5) is 18.9. The lowest BCUT2D eigenvalue weighted by Gasteiger charge is -2.24. The molecule has 2 aliphatic heterocycles. The van der Waals surface area contributed by atoms with Crippen LogP contribution in [0.25, 0.3) is 0 Å². The Labute approximate surface area is 180 Å². The summed E-state index contributed by atoms with van der Waals surface area (Å²) in [6, 6.07) is 12.7. The molecule has 0 aromatic heterocycles. The minimum Gasteiger partial charge on any atom is -0.325 e. The summed E-state index contributed by atoms with van der Waals surface area (Å²) in [5.74, 6) is -0.532. The molecule has 2 atom stereocenters. The lowest BCUT2D eigenvalue weighted by molar-refractivity contribution is -0.114. The number of nitrogens with zero attached hydrogens (tertiary/aromatic N) is 2. The first kappa shape index (κ1) is 20.4. The highest BCUT2D eigenvalue weighted by atomic mass is 79.9. The standard InChI is InChI=1S/C19H17BrFN3O3S2/c20-12-1-5-14(6-2-12)22-18(25)9-24(15-7-3-13(21)4-8-15)19-23-16-10-29(26,27)11-17(16)28-19/h1-8,16-17H,9-11H2,(H,22,25). The highest BCUT2D eigenvalue weighted by Gasteiger charge is 2.44. The molecule has 1 amide bonds. The van der Waals surface area contributed by atoms with Gasteiger partial charge in [-0.1, -0.05) is 27.7 Å². The minimum atomic E-state index is -3.07. The number of anilines is 2. The van der Waals surface area contributed by atoms with Crippen molar-refractivity contribution < 1.29 is 17.6 Å². The number of amidine groups is 1. The van der Waals surface area contributed by atoms with Crippen LogP contribution in [-0.4, -0.2) is 48.8 Å². The first-order valence-electron chi connectivity index (χ1n) is 8.82. The van der Waals surface area contributed by atoms with Crippen LogP contribution in [0, 0.1) is 5.82 Å². The predicted molar refractivity (Wildman–Crippen MR) is 118 cm³/mol. The molecule has 10 heteroatoms. The fraction of sp³-hybridized carbons (Fsp3) is 0.263. The van der Waals surface area contributed by atoms with Crippen molar-refractivity contribution in [2.24, 2.45) is 4.99 Å². The molecule has 29 heavy (non-hydrogen) atoms. The van der Waals surface area contributed by atoms with E-state index in [9.17, 15) is 17.6 Å². The van der Waals surface area contributed by atoms with Gasteiger partial charge < -0.3 is 10.2 Å². The van der Waals surface area contributed by atoms with E-state index in [2.05, 4.69) is 26.2 Å². The fourth-order valence-electron chi connectivity index (χ4n) is 3.24. The van der Waals surface area contributed by atoms with Gasteiger partial charge in [0, 0.05) is 21.1 Å². The summed E-state index contributed by atoms with van der Waals surface area (Å²) in [5, 5.41) is 3.26. The number of hydrogen-bond donors (Lipinski definition) is 1. The second-order valence-corrected chi connectivity index (χ2v) is 11.1. The van der Waals surface area contributed by atoms with E-state index in [1.54, 1.807) is 29.2 Å². The van der Waals surface area contributed by atoms with Gasteiger partial charge in [0.25, 0.3) is 0 Å². The Kier molecular flexibility index (Phi) is 5.67. The van der Waals surface area contributed by atoms with Gasteiger partial charge in [-0.05, 0) is 48.5 Å². The van der Waals surface area contributed by atoms with Gasteiger partial charge in [-0.25, -0.2) is 12.8 Å². The molecule has 152 valence electrons. The molecule has 2 aromatic rings. The van der Waals surface area contributed by atoms with Crippen LogP contribution in [0.2, 0.25) is 0 Å². The third-order valence-electron chi connectivity index (χ3n) is 4.60. The van der Waals surface area contributed by atoms with E-state index in [0.717, 1.165) is 4.47 Å². The monoisotopic (exact) mass is 497 g/mol. The Bertz CT molecular complexity index is 1060.